The van der Waals surface area contributed by atoms with Gasteiger partial charge < -0.3 is 4.74 Å². The van der Waals surface area contributed by atoms with Gasteiger partial charge in [0, 0.05) is 5.92 Å². The number of esters is 1. The van der Waals surface area contributed by atoms with Crippen LogP contribution in [0.1, 0.15) is 38.5 Å². The first-order chi connectivity index (χ1) is 6.33. The van der Waals surface area contributed by atoms with E-state index in [-0.39, 0.29) is 0 Å². The third-order valence-corrected chi connectivity index (χ3v) is 2.60. The normalized spacial score (nSPS) is 17.8. The molecule has 1 rings (SSSR count). The monoisotopic (exact) mass is 180 g/mol. The van der Waals surface area contributed by atoms with Crippen LogP contribution in [0.3, 0.4) is 0 Å². The fraction of sp³-hybridized carbons (Fsp3) is 0.727. The van der Waals surface area contributed by atoms with Crippen LogP contribution in [0.2, 0.25) is 0 Å². The van der Waals surface area contributed by atoms with E-state index < -0.39 is 5.97 Å². The second-order valence-electron chi connectivity index (χ2n) is 3.57. The third-order valence-electron chi connectivity index (χ3n) is 2.60. The van der Waals surface area contributed by atoms with E-state index in [1.165, 1.54) is 32.1 Å². The van der Waals surface area contributed by atoms with Crippen LogP contribution in [0.15, 0.2) is 0 Å². The number of carbonyl (C=O) groups excluding carboxylic acids is 1. The van der Waals surface area contributed by atoms with Crippen molar-refractivity contribution in [1.29, 1.82) is 0 Å². The summed E-state index contributed by atoms with van der Waals surface area (Å²) < 4.78 is 4.82. The Balaban J connectivity index is 2.05. The number of hydrogen-bond donors (Lipinski definition) is 0. The molecule has 0 aliphatic heterocycles. The van der Waals surface area contributed by atoms with Crippen LogP contribution < -0.4 is 0 Å². The first kappa shape index (κ1) is 10.1. The molecule has 0 unspecified atom stereocenters. The van der Waals surface area contributed by atoms with Crippen molar-refractivity contribution in [3.63, 3.8) is 0 Å². The molecule has 0 aromatic rings. The van der Waals surface area contributed by atoms with Gasteiger partial charge in [-0.25, -0.2) is 4.79 Å². The Morgan fingerprint density at radius 3 is 2.69 bits per heavy atom. The lowest BCUT2D eigenvalue weighted by Crippen LogP contribution is -2.11. The van der Waals surface area contributed by atoms with Crippen LogP contribution in [0.4, 0.5) is 0 Å². The molecule has 0 radical (unpaired) electrons. The highest BCUT2D eigenvalue weighted by atomic mass is 16.5. The first-order valence-electron chi connectivity index (χ1n) is 4.96. The van der Waals surface area contributed by atoms with Gasteiger partial charge in [0.15, 0.2) is 0 Å². The molecule has 1 aliphatic carbocycles. The van der Waals surface area contributed by atoms with Gasteiger partial charge in [-0.15, -0.1) is 6.42 Å². The fourth-order valence-electron chi connectivity index (χ4n) is 1.84. The minimum Gasteiger partial charge on any atom is -0.456 e. The van der Waals surface area contributed by atoms with Crippen molar-refractivity contribution in [2.75, 3.05) is 6.61 Å². The molecular formula is C11H16O2. The van der Waals surface area contributed by atoms with Crippen molar-refractivity contribution in [3.05, 3.63) is 0 Å². The minimum atomic E-state index is -0.532. The van der Waals surface area contributed by atoms with Gasteiger partial charge in [0.1, 0.15) is 0 Å². The molecule has 1 saturated carbocycles. The van der Waals surface area contributed by atoms with Crippen LogP contribution in [0.25, 0.3) is 0 Å². The molecule has 0 bridgehead atoms. The van der Waals surface area contributed by atoms with Gasteiger partial charge in [0.2, 0.25) is 0 Å². The summed E-state index contributed by atoms with van der Waals surface area (Å²) in [4.78, 5) is 10.6. The second-order valence-corrected chi connectivity index (χ2v) is 3.57. The highest BCUT2D eigenvalue weighted by Crippen LogP contribution is 2.25. The zero-order valence-corrected chi connectivity index (χ0v) is 7.92. The maximum atomic E-state index is 10.6. The Labute approximate surface area is 79.7 Å². The highest BCUT2D eigenvalue weighted by Gasteiger charge is 2.13. The molecule has 0 N–H and O–H groups in total. The molecule has 0 spiro atoms. The van der Waals surface area contributed by atoms with Crippen LogP contribution in [0.5, 0.6) is 0 Å². The lowest BCUT2D eigenvalue weighted by molar-refractivity contribution is -0.137. The summed E-state index contributed by atoms with van der Waals surface area (Å²) in [5.41, 5.74) is 0. The molecule has 0 saturated heterocycles. The van der Waals surface area contributed by atoms with Crippen molar-refractivity contribution in [2.45, 2.75) is 38.5 Å². The average Bonchev–Trinajstić information content (AvgIpc) is 2.19. The lowest BCUT2D eigenvalue weighted by Gasteiger charge is -2.20. The number of carbonyl (C=O) groups is 1. The maximum absolute atomic E-state index is 10.6. The van der Waals surface area contributed by atoms with Crippen LogP contribution in [0, 0.1) is 18.3 Å². The largest absolute Gasteiger partial charge is 0.456 e. The molecule has 13 heavy (non-hydrogen) atoms. The van der Waals surface area contributed by atoms with E-state index in [1.807, 2.05) is 5.92 Å². The zero-order chi connectivity index (χ0) is 9.52. The Kier molecular flexibility index (Phi) is 4.39. The molecule has 2 nitrogen and oxygen atoms in total. The molecule has 0 aromatic heterocycles. The molecule has 0 aromatic carbocycles. The number of terminal acetylenes is 1. The third kappa shape index (κ3) is 3.98. The molecule has 0 amide bonds. The minimum absolute atomic E-state index is 0.494. The summed E-state index contributed by atoms with van der Waals surface area (Å²) in [6.07, 6.45) is 12.4. The summed E-state index contributed by atoms with van der Waals surface area (Å²) >= 11 is 0. The molecule has 0 atom stereocenters. The zero-order valence-electron chi connectivity index (χ0n) is 7.92. The molecule has 2 heteroatoms. The van der Waals surface area contributed by atoms with Gasteiger partial charge in [-0.2, -0.15) is 0 Å². The van der Waals surface area contributed by atoms with Crippen molar-refractivity contribution in [2.24, 2.45) is 5.92 Å². The fourth-order valence-corrected chi connectivity index (χ4v) is 1.84. The second kappa shape index (κ2) is 5.64. The highest BCUT2D eigenvalue weighted by molar-refractivity contribution is 5.87. The predicted octanol–water partition coefficient (Wildman–Crippen LogP) is 2.13. The lowest BCUT2D eigenvalue weighted by atomic mass is 9.87. The number of rotatable bonds is 3. The smallest absolute Gasteiger partial charge is 0.384 e. The van der Waals surface area contributed by atoms with E-state index in [1.54, 1.807) is 0 Å². The molecule has 1 aliphatic rings. The van der Waals surface area contributed by atoms with E-state index >= 15 is 0 Å². The van der Waals surface area contributed by atoms with E-state index in [0.29, 0.717) is 6.61 Å². The molecule has 1 fully saturated rings. The average molecular weight is 180 g/mol. The Morgan fingerprint density at radius 2 is 2.08 bits per heavy atom. The molecular weight excluding hydrogens is 164 g/mol. The number of ether oxygens (including phenoxy) is 1. The van der Waals surface area contributed by atoms with E-state index in [4.69, 9.17) is 11.2 Å². The summed E-state index contributed by atoms with van der Waals surface area (Å²) in [5, 5.41) is 0. The summed E-state index contributed by atoms with van der Waals surface area (Å²) in [5.74, 6) is 2.16. The van der Waals surface area contributed by atoms with Crippen molar-refractivity contribution in [1.82, 2.24) is 0 Å². The van der Waals surface area contributed by atoms with Crippen molar-refractivity contribution < 1.29 is 9.53 Å². The van der Waals surface area contributed by atoms with Gasteiger partial charge in [-0.1, -0.05) is 32.1 Å². The van der Waals surface area contributed by atoms with Gasteiger partial charge in [0.05, 0.1) is 6.61 Å². The van der Waals surface area contributed by atoms with Crippen molar-refractivity contribution in [3.8, 4) is 12.3 Å². The quantitative estimate of drug-likeness (QED) is 0.378. The van der Waals surface area contributed by atoms with E-state index in [9.17, 15) is 4.79 Å². The number of hydrogen-bond acceptors (Lipinski definition) is 2. The van der Waals surface area contributed by atoms with Crippen molar-refractivity contribution >= 4 is 5.97 Å². The van der Waals surface area contributed by atoms with Crippen LogP contribution in [-0.2, 0) is 9.53 Å². The SMILES string of the molecule is C#CC(=O)OCCC1CCCCC1. The van der Waals surface area contributed by atoms with E-state index in [0.717, 1.165) is 12.3 Å². The summed E-state index contributed by atoms with van der Waals surface area (Å²) in [6.45, 7) is 0.494. The first-order valence-corrected chi connectivity index (χ1v) is 4.96. The van der Waals surface area contributed by atoms with Gasteiger partial charge in [-0.05, 0) is 12.3 Å². The van der Waals surface area contributed by atoms with Crippen LogP contribution in [-0.4, -0.2) is 12.6 Å². The molecule has 72 valence electrons. The van der Waals surface area contributed by atoms with Gasteiger partial charge in [-0.3, -0.25) is 0 Å². The summed E-state index contributed by atoms with van der Waals surface area (Å²) in [6, 6.07) is 0. The predicted molar refractivity (Wildman–Crippen MR) is 51.0 cm³/mol. The topological polar surface area (TPSA) is 26.3 Å². The van der Waals surface area contributed by atoms with E-state index in [2.05, 4.69) is 0 Å². The Bertz CT molecular complexity index is 197. The van der Waals surface area contributed by atoms with Gasteiger partial charge >= 0.3 is 5.97 Å². The van der Waals surface area contributed by atoms with Gasteiger partial charge in [0.25, 0.3) is 0 Å². The van der Waals surface area contributed by atoms with Crippen LogP contribution >= 0.6 is 0 Å². The molecule has 0 heterocycles. The maximum Gasteiger partial charge on any atom is 0.384 e. The standard InChI is InChI=1S/C11H16O2/c1-2-11(12)13-9-8-10-6-4-3-5-7-10/h1,10H,3-9H2. The Hall–Kier alpha value is -0.970. The summed E-state index contributed by atoms with van der Waals surface area (Å²) in [7, 11) is 0. The Morgan fingerprint density at radius 1 is 1.38 bits per heavy atom.